The van der Waals surface area contributed by atoms with Crippen molar-refractivity contribution in [2.24, 2.45) is 0 Å². The van der Waals surface area contributed by atoms with E-state index < -0.39 is 0 Å². The van der Waals surface area contributed by atoms with Crippen molar-refractivity contribution < 1.29 is 9.47 Å². The number of rotatable bonds is 4. The maximum atomic E-state index is 5.72. The molecule has 0 bridgehead atoms. The third-order valence-electron chi connectivity index (χ3n) is 4.66. The average molecular weight is 275 g/mol. The van der Waals surface area contributed by atoms with Gasteiger partial charge in [-0.3, -0.25) is 0 Å². The van der Waals surface area contributed by atoms with Crippen molar-refractivity contribution in [3.8, 4) is 11.5 Å². The Balaban J connectivity index is 1.75. The van der Waals surface area contributed by atoms with Gasteiger partial charge in [0.05, 0.1) is 0 Å². The van der Waals surface area contributed by atoms with E-state index in [1.54, 1.807) is 0 Å². The second-order valence-electron chi connectivity index (χ2n) is 6.31. The molecule has 1 heterocycles. The fourth-order valence-corrected chi connectivity index (χ4v) is 3.44. The molecule has 1 saturated carbocycles. The lowest BCUT2D eigenvalue weighted by atomic mass is 9.80. The largest absolute Gasteiger partial charge is 0.486 e. The number of ether oxygens (including phenoxy) is 2. The monoisotopic (exact) mass is 275 g/mol. The summed E-state index contributed by atoms with van der Waals surface area (Å²) in [6, 6.07) is 7.14. The first-order valence-corrected chi connectivity index (χ1v) is 7.85. The van der Waals surface area contributed by atoms with Crippen molar-refractivity contribution >= 4 is 0 Å². The second-order valence-corrected chi connectivity index (χ2v) is 6.31. The van der Waals surface area contributed by atoms with E-state index in [1.807, 2.05) is 0 Å². The first kappa shape index (κ1) is 13.7. The van der Waals surface area contributed by atoms with Gasteiger partial charge in [-0.15, -0.1) is 0 Å². The zero-order chi connectivity index (χ0) is 14.0. The summed E-state index contributed by atoms with van der Waals surface area (Å²) in [6.07, 6.45) is 4.93. The molecule has 110 valence electrons. The van der Waals surface area contributed by atoms with Gasteiger partial charge in [0.2, 0.25) is 0 Å². The van der Waals surface area contributed by atoms with E-state index >= 15 is 0 Å². The van der Waals surface area contributed by atoms with Gasteiger partial charge in [-0.1, -0.05) is 19.9 Å². The Morgan fingerprint density at radius 2 is 2.05 bits per heavy atom. The van der Waals surface area contributed by atoms with Gasteiger partial charge in [-0.2, -0.15) is 0 Å². The zero-order valence-corrected chi connectivity index (χ0v) is 12.6. The van der Waals surface area contributed by atoms with Crippen LogP contribution in [0.5, 0.6) is 11.5 Å². The highest BCUT2D eigenvalue weighted by atomic mass is 16.6. The smallest absolute Gasteiger partial charge is 0.161 e. The van der Waals surface area contributed by atoms with E-state index in [4.69, 9.17) is 9.47 Å². The van der Waals surface area contributed by atoms with E-state index in [-0.39, 0.29) is 5.41 Å². The molecule has 3 nitrogen and oxygen atoms in total. The predicted octanol–water partition coefficient (Wildman–Crippen LogP) is 3.27. The fraction of sp³-hybridized carbons (Fsp3) is 0.647. The Bertz CT molecular complexity index is 474. The molecule has 3 heteroatoms. The Labute approximate surface area is 121 Å². The molecule has 2 atom stereocenters. The minimum absolute atomic E-state index is 0.265. The van der Waals surface area contributed by atoms with Gasteiger partial charge in [0.25, 0.3) is 0 Å². The first-order valence-electron chi connectivity index (χ1n) is 7.85. The summed E-state index contributed by atoms with van der Waals surface area (Å²) < 4.78 is 11.3. The van der Waals surface area contributed by atoms with Crippen molar-refractivity contribution in [3.05, 3.63) is 23.8 Å². The molecule has 2 aliphatic rings. The normalized spacial score (nSPS) is 28.6. The molecule has 1 aromatic carbocycles. The summed E-state index contributed by atoms with van der Waals surface area (Å²) in [5.74, 6) is 1.81. The van der Waals surface area contributed by atoms with Gasteiger partial charge >= 0.3 is 0 Å². The molecule has 0 aromatic heterocycles. The lowest BCUT2D eigenvalue weighted by molar-refractivity contribution is 0.171. The Morgan fingerprint density at radius 3 is 2.85 bits per heavy atom. The lowest BCUT2D eigenvalue weighted by Gasteiger charge is -2.27. The molecule has 3 rings (SSSR count). The number of fused-ring (bicyclic) bond motifs is 1. The molecular formula is C17H25NO2. The van der Waals surface area contributed by atoms with Gasteiger partial charge in [-0.05, 0) is 55.3 Å². The number of hydrogen-bond donors (Lipinski definition) is 1. The third kappa shape index (κ3) is 2.64. The first-order chi connectivity index (χ1) is 9.71. The molecular weight excluding hydrogens is 250 g/mol. The summed E-state index contributed by atoms with van der Waals surface area (Å²) in [5.41, 5.74) is 1.66. The number of benzene rings is 1. The number of hydrogen-bond acceptors (Lipinski definition) is 3. The van der Waals surface area contributed by atoms with Crippen LogP contribution in [0.4, 0.5) is 0 Å². The summed E-state index contributed by atoms with van der Waals surface area (Å²) in [7, 11) is 0. The second kappa shape index (κ2) is 5.65. The maximum absolute atomic E-state index is 5.72. The van der Waals surface area contributed by atoms with Crippen LogP contribution in [0.2, 0.25) is 0 Å². The van der Waals surface area contributed by atoms with Crippen LogP contribution in [-0.2, 0) is 5.41 Å². The predicted molar refractivity (Wildman–Crippen MR) is 80.7 cm³/mol. The van der Waals surface area contributed by atoms with Crippen molar-refractivity contribution in [1.29, 1.82) is 0 Å². The Morgan fingerprint density at radius 1 is 1.25 bits per heavy atom. The molecule has 1 fully saturated rings. The Hall–Kier alpha value is -1.22. The minimum Gasteiger partial charge on any atom is -0.486 e. The van der Waals surface area contributed by atoms with Crippen LogP contribution in [-0.4, -0.2) is 25.8 Å². The van der Waals surface area contributed by atoms with Crippen molar-refractivity contribution in [3.63, 3.8) is 0 Å². The van der Waals surface area contributed by atoms with Crippen LogP contribution in [0.1, 0.15) is 45.1 Å². The highest BCUT2D eigenvalue weighted by Crippen LogP contribution is 2.43. The SMILES string of the molecule is CCCNC1CCC(C)(c2ccc3c(c2)OCCO3)C1. The lowest BCUT2D eigenvalue weighted by Crippen LogP contribution is -2.29. The maximum Gasteiger partial charge on any atom is 0.161 e. The van der Waals surface area contributed by atoms with Crippen LogP contribution in [0.15, 0.2) is 18.2 Å². The van der Waals surface area contributed by atoms with E-state index in [0.717, 1.165) is 18.0 Å². The molecule has 20 heavy (non-hydrogen) atoms. The summed E-state index contributed by atoms with van der Waals surface area (Å²) in [5, 5.41) is 3.66. The van der Waals surface area contributed by atoms with Crippen LogP contribution >= 0.6 is 0 Å². The molecule has 2 unspecified atom stereocenters. The molecule has 0 radical (unpaired) electrons. The highest BCUT2D eigenvalue weighted by Gasteiger charge is 2.36. The van der Waals surface area contributed by atoms with E-state index in [9.17, 15) is 0 Å². The van der Waals surface area contributed by atoms with E-state index in [0.29, 0.717) is 19.3 Å². The quantitative estimate of drug-likeness (QED) is 0.915. The summed E-state index contributed by atoms with van der Waals surface area (Å²) in [6.45, 7) is 7.05. The van der Waals surface area contributed by atoms with Gasteiger partial charge in [0.1, 0.15) is 13.2 Å². The van der Waals surface area contributed by atoms with Crippen LogP contribution in [0.3, 0.4) is 0 Å². The van der Waals surface area contributed by atoms with Gasteiger partial charge in [0, 0.05) is 6.04 Å². The molecule has 0 spiro atoms. The molecule has 1 aliphatic carbocycles. The zero-order valence-electron chi connectivity index (χ0n) is 12.6. The topological polar surface area (TPSA) is 30.5 Å². The standard InChI is InChI=1S/C17H25NO2/c1-3-8-18-14-6-7-17(2,12-14)13-4-5-15-16(11-13)20-10-9-19-15/h4-5,11,14,18H,3,6-10,12H2,1-2H3. The summed E-state index contributed by atoms with van der Waals surface area (Å²) >= 11 is 0. The molecule has 1 aromatic rings. The van der Waals surface area contributed by atoms with Crippen molar-refractivity contribution in [1.82, 2.24) is 5.32 Å². The number of nitrogens with one attached hydrogen (secondary N) is 1. The third-order valence-corrected chi connectivity index (χ3v) is 4.66. The van der Waals surface area contributed by atoms with E-state index in [2.05, 4.69) is 37.4 Å². The van der Waals surface area contributed by atoms with Crippen LogP contribution in [0, 0.1) is 0 Å². The molecule has 1 N–H and O–H groups in total. The molecule has 1 aliphatic heterocycles. The van der Waals surface area contributed by atoms with E-state index in [1.165, 1.54) is 31.2 Å². The van der Waals surface area contributed by atoms with Crippen LogP contribution in [0.25, 0.3) is 0 Å². The molecule has 0 amide bonds. The molecule has 0 saturated heterocycles. The Kier molecular flexibility index (Phi) is 3.88. The van der Waals surface area contributed by atoms with Gasteiger partial charge in [-0.25, -0.2) is 0 Å². The fourth-order valence-electron chi connectivity index (χ4n) is 3.44. The minimum atomic E-state index is 0.265. The highest BCUT2D eigenvalue weighted by molar-refractivity contribution is 5.46. The van der Waals surface area contributed by atoms with Crippen molar-refractivity contribution in [2.45, 2.75) is 51.0 Å². The summed E-state index contributed by atoms with van der Waals surface area (Å²) in [4.78, 5) is 0. The van der Waals surface area contributed by atoms with Crippen LogP contribution < -0.4 is 14.8 Å². The average Bonchev–Trinajstić information content (AvgIpc) is 2.87. The van der Waals surface area contributed by atoms with Gasteiger partial charge < -0.3 is 14.8 Å². The van der Waals surface area contributed by atoms with Gasteiger partial charge in [0.15, 0.2) is 11.5 Å². The van der Waals surface area contributed by atoms with Crippen molar-refractivity contribution in [2.75, 3.05) is 19.8 Å².